The highest BCUT2D eigenvalue weighted by molar-refractivity contribution is 5.20. The van der Waals surface area contributed by atoms with Crippen LogP contribution in [0.5, 0.6) is 0 Å². The molecule has 2 heterocycles. The van der Waals surface area contributed by atoms with Gasteiger partial charge in [-0.1, -0.05) is 32.6 Å². The fourth-order valence-electron chi connectivity index (χ4n) is 5.22. The van der Waals surface area contributed by atoms with Crippen LogP contribution in [0.15, 0.2) is 24.3 Å². The van der Waals surface area contributed by atoms with Gasteiger partial charge in [0.25, 0.3) is 0 Å². The van der Waals surface area contributed by atoms with E-state index in [9.17, 15) is 10.2 Å². The van der Waals surface area contributed by atoms with Crippen LogP contribution in [0.2, 0.25) is 0 Å². The van der Waals surface area contributed by atoms with Crippen molar-refractivity contribution in [2.24, 2.45) is 23.7 Å². The number of ether oxygens (including phenoxy) is 1. The molecule has 0 amide bonds. The zero-order chi connectivity index (χ0) is 16.9. The van der Waals surface area contributed by atoms with Crippen LogP contribution in [0.3, 0.4) is 0 Å². The molecule has 2 saturated heterocycles. The summed E-state index contributed by atoms with van der Waals surface area (Å²) in [5, 5.41) is 21.4. The highest BCUT2D eigenvalue weighted by Gasteiger charge is 2.56. The van der Waals surface area contributed by atoms with E-state index in [1.807, 2.05) is 6.92 Å². The molecule has 2 bridgehead atoms. The normalized spacial score (nSPS) is 47.9. The molecule has 0 spiro atoms. The Hall–Kier alpha value is -0.640. The van der Waals surface area contributed by atoms with Gasteiger partial charge in [-0.05, 0) is 62.4 Å². The van der Waals surface area contributed by atoms with Gasteiger partial charge in [-0.2, -0.15) is 0 Å². The Bertz CT molecular complexity index is 493. The summed E-state index contributed by atoms with van der Waals surface area (Å²) in [7, 11) is 0. The smallest absolute Gasteiger partial charge is 0.0900 e. The third-order valence-electron chi connectivity index (χ3n) is 6.58. The first-order chi connectivity index (χ1) is 10.7. The molecule has 3 heteroatoms. The van der Waals surface area contributed by atoms with Crippen LogP contribution in [0, 0.1) is 23.7 Å². The van der Waals surface area contributed by atoms with E-state index < -0.39 is 11.7 Å². The fraction of sp³-hybridized carbons (Fsp3) is 0.800. The summed E-state index contributed by atoms with van der Waals surface area (Å²) >= 11 is 0. The Morgan fingerprint density at radius 1 is 1.22 bits per heavy atom. The van der Waals surface area contributed by atoms with Crippen molar-refractivity contribution in [1.29, 1.82) is 0 Å². The third-order valence-corrected chi connectivity index (χ3v) is 6.58. The van der Waals surface area contributed by atoms with E-state index >= 15 is 0 Å². The Kier molecular flexibility index (Phi) is 4.50. The zero-order valence-electron chi connectivity index (χ0n) is 14.8. The lowest BCUT2D eigenvalue weighted by Gasteiger charge is -2.44. The summed E-state index contributed by atoms with van der Waals surface area (Å²) in [5.74, 6) is 1.76. The van der Waals surface area contributed by atoms with Crippen LogP contribution in [-0.2, 0) is 4.74 Å². The molecule has 3 nitrogen and oxygen atoms in total. The van der Waals surface area contributed by atoms with E-state index in [1.165, 1.54) is 5.57 Å². The second-order valence-corrected chi connectivity index (χ2v) is 8.58. The molecule has 3 fully saturated rings. The maximum Gasteiger partial charge on any atom is 0.0900 e. The average Bonchev–Trinajstić information content (AvgIpc) is 2.86. The molecule has 0 aromatic carbocycles. The number of hydrogen-bond donors (Lipinski definition) is 2. The van der Waals surface area contributed by atoms with Gasteiger partial charge in [0.05, 0.1) is 23.9 Å². The maximum absolute atomic E-state index is 11.1. The Morgan fingerprint density at radius 3 is 2.57 bits per heavy atom. The molecule has 3 aliphatic rings. The predicted octanol–water partition coefficient (Wildman–Crippen LogP) is 3.46. The Balaban J connectivity index is 2.01. The summed E-state index contributed by atoms with van der Waals surface area (Å²) in [6.45, 7) is 14.9. The van der Waals surface area contributed by atoms with Gasteiger partial charge >= 0.3 is 0 Å². The molecule has 130 valence electrons. The van der Waals surface area contributed by atoms with Gasteiger partial charge in [-0.3, -0.25) is 0 Å². The number of aliphatic hydroxyl groups is 2. The van der Waals surface area contributed by atoms with Crippen molar-refractivity contribution >= 4 is 0 Å². The van der Waals surface area contributed by atoms with Crippen molar-refractivity contribution in [3.05, 3.63) is 24.3 Å². The van der Waals surface area contributed by atoms with Crippen molar-refractivity contribution in [2.75, 3.05) is 0 Å². The van der Waals surface area contributed by atoms with Gasteiger partial charge in [0.1, 0.15) is 0 Å². The molecule has 2 aliphatic heterocycles. The molecule has 2 N–H and O–H groups in total. The van der Waals surface area contributed by atoms with Crippen LogP contribution in [0.1, 0.15) is 52.9 Å². The molecule has 0 aromatic heterocycles. The molecule has 0 radical (unpaired) electrons. The van der Waals surface area contributed by atoms with Crippen LogP contribution in [0.4, 0.5) is 0 Å². The van der Waals surface area contributed by atoms with E-state index in [-0.39, 0.29) is 18.1 Å². The van der Waals surface area contributed by atoms with Crippen molar-refractivity contribution in [3.8, 4) is 0 Å². The van der Waals surface area contributed by atoms with Crippen molar-refractivity contribution in [2.45, 2.75) is 76.8 Å². The largest absolute Gasteiger partial charge is 0.389 e. The molecule has 0 aromatic rings. The lowest BCUT2D eigenvalue weighted by molar-refractivity contribution is -0.117. The summed E-state index contributed by atoms with van der Waals surface area (Å²) in [6.07, 6.45) is 3.27. The third kappa shape index (κ3) is 2.92. The topological polar surface area (TPSA) is 49.7 Å². The maximum atomic E-state index is 11.1. The molecular formula is C20H32O3. The van der Waals surface area contributed by atoms with E-state index in [2.05, 4.69) is 27.0 Å². The van der Waals surface area contributed by atoms with Crippen LogP contribution < -0.4 is 0 Å². The monoisotopic (exact) mass is 320 g/mol. The van der Waals surface area contributed by atoms with Gasteiger partial charge in [-0.15, -0.1) is 0 Å². The van der Waals surface area contributed by atoms with Crippen molar-refractivity contribution < 1.29 is 14.9 Å². The number of rotatable bonds is 1. The molecule has 3 rings (SSSR count). The van der Waals surface area contributed by atoms with Crippen LogP contribution in [-0.4, -0.2) is 34.1 Å². The molecule has 7 atom stereocenters. The molecular weight excluding hydrogens is 288 g/mol. The minimum Gasteiger partial charge on any atom is -0.389 e. The molecule has 1 saturated carbocycles. The number of hydrogen-bond acceptors (Lipinski definition) is 3. The quantitative estimate of drug-likeness (QED) is 0.728. The lowest BCUT2D eigenvalue weighted by atomic mass is 9.61. The van der Waals surface area contributed by atoms with Crippen LogP contribution in [0.25, 0.3) is 0 Å². The summed E-state index contributed by atoms with van der Waals surface area (Å²) < 4.78 is 6.43. The zero-order valence-corrected chi connectivity index (χ0v) is 14.8. The van der Waals surface area contributed by atoms with Gasteiger partial charge in [0.15, 0.2) is 0 Å². The Labute approximate surface area is 140 Å². The summed E-state index contributed by atoms with van der Waals surface area (Å²) in [4.78, 5) is 0. The predicted molar refractivity (Wildman–Crippen MR) is 92.0 cm³/mol. The standard InChI is InChI=1S/C20H32O3/c1-11(2)14-7-6-12(3)17-16-10-13(4)15(21)8-9-20(5,22)19(23-16)18(14)17/h11,14-19,21-22H,3-4,6-10H2,1-2,5H3/t14-,15+,16+,17-,18-,19+,20-/m1/s1. The Morgan fingerprint density at radius 2 is 1.91 bits per heavy atom. The van der Waals surface area contributed by atoms with Gasteiger partial charge < -0.3 is 14.9 Å². The first-order valence-corrected chi connectivity index (χ1v) is 9.13. The lowest BCUT2D eigenvalue weighted by Crippen LogP contribution is -2.48. The summed E-state index contributed by atoms with van der Waals surface area (Å²) in [6, 6.07) is 0. The molecule has 1 aliphatic carbocycles. The highest BCUT2D eigenvalue weighted by Crippen LogP contribution is 2.54. The van der Waals surface area contributed by atoms with Crippen molar-refractivity contribution in [1.82, 2.24) is 0 Å². The second-order valence-electron chi connectivity index (χ2n) is 8.58. The minimum absolute atomic E-state index is 0.00535. The van der Waals surface area contributed by atoms with E-state index in [1.54, 1.807) is 0 Å². The molecule has 0 unspecified atom stereocenters. The van der Waals surface area contributed by atoms with Crippen LogP contribution >= 0.6 is 0 Å². The fourth-order valence-corrected chi connectivity index (χ4v) is 5.22. The van der Waals surface area contributed by atoms with Gasteiger partial charge in [0.2, 0.25) is 0 Å². The first-order valence-electron chi connectivity index (χ1n) is 9.13. The number of fused-ring (bicyclic) bond motifs is 5. The van der Waals surface area contributed by atoms with Gasteiger partial charge in [0, 0.05) is 5.92 Å². The van der Waals surface area contributed by atoms with E-state index in [4.69, 9.17) is 4.74 Å². The van der Waals surface area contributed by atoms with Gasteiger partial charge in [-0.25, -0.2) is 0 Å². The highest BCUT2D eigenvalue weighted by atomic mass is 16.5. The van der Waals surface area contributed by atoms with E-state index in [0.717, 1.165) is 18.4 Å². The van der Waals surface area contributed by atoms with Crippen molar-refractivity contribution in [3.63, 3.8) is 0 Å². The SMILES string of the molecule is C=C1CC[C@H](C(C)C)[C@@H]2[C@H]1[C@@H]1CC(=C)[C@@H](O)CC[C@@](C)(O)[C@H]2O1. The first kappa shape index (κ1) is 17.2. The second kappa shape index (κ2) is 6.02. The summed E-state index contributed by atoms with van der Waals surface area (Å²) in [5.41, 5.74) is 1.19. The average molecular weight is 320 g/mol. The molecule has 23 heavy (non-hydrogen) atoms. The van der Waals surface area contributed by atoms with E-state index in [0.29, 0.717) is 37.0 Å². The minimum atomic E-state index is -0.909. The number of aliphatic hydroxyl groups excluding tert-OH is 1.